The Kier molecular flexibility index (Phi) is 4.45. The number of hydrogen-bond donors (Lipinski definition) is 2. The average Bonchev–Trinajstić information content (AvgIpc) is 2.39. The molecule has 0 radical (unpaired) electrons. The number of likely N-dealkylation sites (tertiary alicyclic amines) is 1. The first-order valence-electron chi connectivity index (χ1n) is 7.23. The Morgan fingerprint density at radius 3 is 2.42 bits per heavy atom. The van der Waals surface area contributed by atoms with Crippen LogP contribution in [-0.2, 0) is 9.59 Å². The Balaban J connectivity index is 2.00. The normalized spacial score (nSPS) is 27.0. The van der Waals surface area contributed by atoms with Crippen molar-refractivity contribution in [3.05, 3.63) is 0 Å². The number of aliphatic hydroxyl groups is 1. The van der Waals surface area contributed by atoms with E-state index in [1.54, 1.807) is 4.90 Å². The first kappa shape index (κ1) is 14.3. The number of aliphatic carboxylic acids is 1. The highest BCUT2D eigenvalue weighted by molar-refractivity contribution is 5.85. The fourth-order valence-electron chi connectivity index (χ4n) is 3.28. The number of piperidine rings is 1. The molecule has 0 unspecified atom stereocenters. The van der Waals surface area contributed by atoms with Crippen LogP contribution in [0.2, 0.25) is 0 Å². The van der Waals surface area contributed by atoms with Crippen molar-refractivity contribution in [1.82, 2.24) is 4.90 Å². The van der Waals surface area contributed by atoms with Crippen LogP contribution in [0.4, 0.5) is 0 Å². The summed E-state index contributed by atoms with van der Waals surface area (Å²) in [6, 6.07) is 0. The molecule has 1 aliphatic heterocycles. The Bertz CT molecular complexity index is 349. The molecule has 5 nitrogen and oxygen atoms in total. The van der Waals surface area contributed by atoms with E-state index in [0.29, 0.717) is 25.9 Å². The molecule has 2 N–H and O–H groups in total. The van der Waals surface area contributed by atoms with E-state index < -0.39 is 17.5 Å². The van der Waals surface area contributed by atoms with Crippen molar-refractivity contribution in [3.8, 4) is 0 Å². The molecule has 5 heteroatoms. The molecular formula is C14H23NO4. The van der Waals surface area contributed by atoms with Crippen LogP contribution in [0.3, 0.4) is 0 Å². The minimum absolute atomic E-state index is 0.0923. The number of β-amino-alcohol motifs (C(OH)–C–C–N with tert-alkyl or cyclic N) is 1. The fraction of sp³-hybridized carbons (Fsp3) is 0.857. The molecular weight excluding hydrogens is 246 g/mol. The third-order valence-corrected chi connectivity index (χ3v) is 4.50. The molecule has 108 valence electrons. The molecule has 0 aromatic carbocycles. The van der Waals surface area contributed by atoms with Gasteiger partial charge in [-0.05, 0) is 25.7 Å². The maximum atomic E-state index is 12.3. The molecule has 1 atom stereocenters. The summed E-state index contributed by atoms with van der Waals surface area (Å²) < 4.78 is 0. The summed E-state index contributed by atoms with van der Waals surface area (Å²) in [4.78, 5) is 25.4. The van der Waals surface area contributed by atoms with Crippen molar-refractivity contribution in [1.29, 1.82) is 0 Å². The topological polar surface area (TPSA) is 77.8 Å². The van der Waals surface area contributed by atoms with Gasteiger partial charge in [0, 0.05) is 19.5 Å². The molecule has 0 aromatic rings. The van der Waals surface area contributed by atoms with Crippen LogP contribution in [0.5, 0.6) is 0 Å². The van der Waals surface area contributed by atoms with Crippen LogP contribution in [0.1, 0.15) is 51.4 Å². The number of amides is 1. The molecule has 1 saturated heterocycles. The second kappa shape index (κ2) is 5.90. The lowest BCUT2D eigenvalue weighted by atomic mass is 9.71. The highest BCUT2D eigenvalue weighted by Crippen LogP contribution is 2.40. The van der Waals surface area contributed by atoms with Gasteiger partial charge in [-0.2, -0.15) is 0 Å². The molecule has 1 amide bonds. The number of aliphatic hydroxyl groups excluding tert-OH is 1. The number of rotatable bonds is 3. The molecule has 0 spiro atoms. The van der Waals surface area contributed by atoms with Gasteiger partial charge in [-0.3, -0.25) is 9.59 Å². The monoisotopic (exact) mass is 269 g/mol. The van der Waals surface area contributed by atoms with E-state index in [4.69, 9.17) is 0 Å². The van der Waals surface area contributed by atoms with Gasteiger partial charge in [0.25, 0.3) is 0 Å². The van der Waals surface area contributed by atoms with Crippen LogP contribution in [0, 0.1) is 5.41 Å². The van der Waals surface area contributed by atoms with Gasteiger partial charge in [-0.15, -0.1) is 0 Å². The van der Waals surface area contributed by atoms with E-state index in [2.05, 4.69) is 0 Å². The molecule has 0 aromatic heterocycles. The van der Waals surface area contributed by atoms with Crippen molar-refractivity contribution in [2.45, 2.75) is 57.5 Å². The lowest BCUT2D eigenvalue weighted by Gasteiger charge is -2.36. The minimum atomic E-state index is -0.863. The van der Waals surface area contributed by atoms with E-state index in [0.717, 1.165) is 32.1 Å². The number of hydrogen-bond acceptors (Lipinski definition) is 3. The largest absolute Gasteiger partial charge is 0.481 e. The summed E-state index contributed by atoms with van der Waals surface area (Å²) >= 11 is 0. The van der Waals surface area contributed by atoms with E-state index in [-0.39, 0.29) is 12.3 Å². The zero-order valence-electron chi connectivity index (χ0n) is 11.3. The second-order valence-corrected chi connectivity index (χ2v) is 5.96. The summed E-state index contributed by atoms with van der Waals surface area (Å²) in [6.45, 7) is 1.00. The molecule has 2 fully saturated rings. The number of nitrogens with zero attached hydrogens (tertiary/aromatic N) is 1. The van der Waals surface area contributed by atoms with Gasteiger partial charge in [0.15, 0.2) is 0 Å². The summed E-state index contributed by atoms with van der Waals surface area (Å²) in [5.41, 5.74) is -0.863. The van der Waals surface area contributed by atoms with Crippen molar-refractivity contribution >= 4 is 11.9 Å². The zero-order valence-corrected chi connectivity index (χ0v) is 11.3. The molecule has 2 aliphatic rings. The van der Waals surface area contributed by atoms with Gasteiger partial charge in [0.05, 0.1) is 11.5 Å². The second-order valence-electron chi connectivity index (χ2n) is 5.96. The molecule has 0 bridgehead atoms. The molecule has 1 heterocycles. The van der Waals surface area contributed by atoms with Crippen LogP contribution in [0.25, 0.3) is 0 Å². The maximum absolute atomic E-state index is 12.3. The third kappa shape index (κ3) is 3.26. The Hall–Kier alpha value is -1.10. The molecule has 1 aliphatic carbocycles. The Morgan fingerprint density at radius 2 is 1.84 bits per heavy atom. The minimum Gasteiger partial charge on any atom is -0.481 e. The molecule has 19 heavy (non-hydrogen) atoms. The standard InChI is InChI=1S/C14H23NO4/c16-11-5-4-8-15(10-11)12(17)9-14(13(18)19)6-2-1-3-7-14/h11,16H,1-10H2,(H,18,19)/t11-/m0/s1. The van der Waals surface area contributed by atoms with E-state index in [1.165, 1.54) is 0 Å². The Labute approximate surface area is 113 Å². The van der Waals surface area contributed by atoms with Crippen molar-refractivity contribution in [3.63, 3.8) is 0 Å². The number of carboxylic acid groups (broad SMARTS) is 1. The van der Waals surface area contributed by atoms with Crippen molar-refractivity contribution in [2.24, 2.45) is 5.41 Å². The first-order chi connectivity index (χ1) is 9.03. The lowest BCUT2D eigenvalue weighted by molar-refractivity contribution is -0.156. The van der Waals surface area contributed by atoms with Gasteiger partial charge in [0.1, 0.15) is 0 Å². The van der Waals surface area contributed by atoms with Gasteiger partial charge < -0.3 is 15.1 Å². The van der Waals surface area contributed by atoms with Crippen molar-refractivity contribution in [2.75, 3.05) is 13.1 Å². The van der Waals surface area contributed by atoms with Crippen molar-refractivity contribution < 1.29 is 19.8 Å². The van der Waals surface area contributed by atoms with Crippen LogP contribution >= 0.6 is 0 Å². The number of carbonyl (C=O) groups excluding carboxylic acids is 1. The summed E-state index contributed by atoms with van der Waals surface area (Å²) in [5, 5.41) is 19.1. The van der Waals surface area contributed by atoms with E-state index in [1.807, 2.05) is 0 Å². The first-order valence-corrected chi connectivity index (χ1v) is 7.23. The summed E-state index contributed by atoms with van der Waals surface area (Å²) in [5.74, 6) is -0.943. The highest BCUT2D eigenvalue weighted by atomic mass is 16.4. The zero-order chi connectivity index (χ0) is 13.9. The smallest absolute Gasteiger partial charge is 0.310 e. The fourth-order valence-corrected chi connectivity index (χ4v) is 3.28. The van der Waals surface area contributed by atoms with Gasteiger partial charge in [0.2, 0.25) is 5.91 Å². The van der Waals surface area contributed by atoms with Gasteiger partial charge in [-0.1, -0.05) is 19.3 Å². The van der Waals surface area contributed by atoms with E-state index in [9.17, 15) is 19.8 Å². The summed E-state index contributed by atoms with van der Waals surface area (Å²) in [6.07, 6.45) is 5.21. The summed E-state index contributed by atoms with van der Waals surface area (Å²) in [7, 11) is 0. The SMILES string of the molecule is O=C(CC1(C(=O)O)CCCCC1)N1CCC[C@H](O)C1. The maximum Gasteiger partial charge on any atom is 0.310 e. The predicted octanol–water partition coefficient (Wildman–Crippen LogP) is 1.39. The predicted molar refractivity (Wildman–Crippen MR) is 69.6 cm³/mol. The van der Waals surface area contributed by atoms with Gasteiger partial charge >= 0.3 is 5.97 Å². The number of carbonyl (C=O) groups is 2. The average molecular weight is 269 g/mol. The Morgan fingerprint density at radius 1 is 1.16 bits per heavy atom. The van der Waals surface area contributed by atoms with Crippen LogP contribution in [-0.4, -0.2) is 46.2 Å². The van der Waals surface area contributed by atoms with E-state index >= 15 is 0 Å². The lowest BCUT2D eigenvalue weighted by Crippen LogP contribution is -2.46. The third-order valence-electron chi connectivity index (χ3n) is 4.50. The molecule has 2 rings (SSSR count). The van der Waals surface area contributed by atoms with Crippen LogP contribution < -0.4 is 0 Å². The molecule has 1 saturated carbocycles. The van der Waals surface area contributed by atoms with Crippen LogP contribution in [0.15, 0.2) is 0 Å². The van der Waals surface area contributed by atoms with Gasteiger partial charge in [-0.25, -0.2) is 0 Å². The highest BCUT2D eigenvalue weighted by Gasteiger charge is 2.42. The number of carboxylic acids is 1. The quantitative estimate of drug-likeness (QED) is 0.811.